The number of amides is 2. The standard InChI is InChI=1S/C14H14FN3O2/c15-10-4-3-9(2-1-7-16)8-12(10)17-11-5-6-13(19)18-14(11)20/h3-4,8,11,17H,5-7,16H2,(H,18,19,20). The molecule has 0 spiro atoms. The molecule has 1 aliphatic rings. The highest BCUT2D eigenvalue weighted by atomic mass is 19.1. The molecule has 1 aromatic carbocycles. The second-order valence-corrected chi connectivity index (χ2v) is 4.35. The molecule has 1 saturated heterocycles. The van der Waals surface area contributed by atoms with Crippen molar-refractivity contribution in [2.45, 2.75) is 18.9 Å². The summed E-state index contributed by atoms with van der Waals surface area (Å²) in [7, 11) is 0. The summed E-state index contributed by atoms with van der Waals surface area (Å²) in [6, 6.07) is 3.70. The van der Waals surface area contributed by atoms with E-state index in [0.29, 0.717) is 12.0 Å². The summed E-state index contributed by atoms with van der Waals surface area (Å²) >= 11 is 0. The third kappa shape index (κ3) is 3.33. The minimum atomic E-state index is -0.625. The first-order valence-electron chi connectivity index (χ1n) is 6.19. The number of hydrogen-bond donors (Lipinski definition) is 3. The van der Waals surface area contributed by atoms with Crippen LogP contribution in [0.2, 0.25) is 0 Å². The summed E-state index contributed by atoms with van der Waals surface area (Å²) in [6.45, 7) is 0.216. The van der Waals surface area contributed by atoms with Crippen molar-refractivity contribution < 1.29 is 14.0 Å². The Hall–Kier alpha value is -2.39. The first-order chi connectivity index (χ1) is 9.60. The van der Waals surface area contributed by atoms with Crippen LogP contribution in [0.25, 0.3) is 0 Å². The van der Waals surface area contributed by atoms with Crippen LogP contribution < -0.4 is 16.4 Å². The fraction of sp³-hybridized carbons (Fsp3) is 0.286. The molecule has 2 amide bonds. The maximum atomic E-state index is 13.7. The second-order valence-electron chi connectivity index (χ2n) is 4.35. The zero-order chi connectivity index (χ0) is 14.5. The van der Waals surface area contributed by atoms with E-state index in [1.807, 2.05) is 0 Å². The number of nitrogens with one attached hydrogen (secondary N) is 2. The summed E-state index contributed by atoms with van der Waals surface area (Å²) in [6.07, 6.45) is 0.570. The van der Waals surface area contributed by atoms with Gasteiger partial charge in [0.2, 0.25) is 11.8 Å². The van der Waals surface area contributed by atoms with Gasteiger partial charge < -0.3 is 11.1 Å². The van der Waals surface area contributed by atoms with Crippen molar-refractivity contribution in [3.63, 3.8) is 0 Å². The first kappa shape index (κ1) is 14.0. The summed E-state index contributed by atoms with van der Waals surface area (Å²) in [5.41, 5.74) is 6.06. The van der Waals surface area contributed by atoms with Gasteiger partial charge in [0.15, 0.2) is 0 Å². The van der Waals surface area contributed by atoms with Crippen molar-refractivity contribution in [1.29, 1.82) is 0 Å². The van der Waals surface area contributed by atoms with Crippen LogP contribution in [0.5, 0.6) is 0 Å². The van der Waals surface area contributed by atoms with Crippen molar-refractivity contribution in [3.8, 4) is 11.8 Å². The largest absolute Gasteiger partial charge is 0.371 e. The molecule has 0 aromatic heterocycles. The lowest BCUT2D eigenvalue weighted by Gasteiger charge is -2.23. The average molecular weight is 275 g/mol. The van der Waals surface area contributed by atoms with Crippen LogP contribution in [0.4, 0.5) is 10.1 Å². The van der Waals surface area contributed by atoms with Crippen LogP contribution >= 0.6 is 0 Å². The number of piperidine rings is 1. The van der Waals surface area contributed by atoms with Crippen LogP contribution in [0.1, 0.15) is 18.4 Å². The van der Waals surface area contributed by atoms with Gasteiger partial charge in [-0.3, -0.25) is 14.9 Å². The summed E-state index contributed by atoms with van der Waals surface area (Å²) in [4.78, 5) is 22.7. The number of benzene rings is 1. The van der Waals surface area contributed by atoms with Crippen LogP contribution in [0, 0.1) is 17.7 Å². The Bertz CT molecular complexity index is 604. The summed E-state index contributed by atoms with van der Waals surface area (Å²) < 4.78 is 13.7. The zero-order valence-corrected chi connectivity index (χ0v) is 10.7. The van der Waals surface area contributed by atoms with Gasteiger partial charge in [-0.1, -0.05) is 11.8 Å². The Balaban J connectivity index is 2.16. The highest BCUT2D eigenvalue weighted by molar-refractivity contribution is 6.01. The van der Waals surface area contributed by atoms with Crippen LogP contribution in [0.3, 0.4) is 0 Å². The van der Waals surface area contributed by atoms with E-state index in [4.69, 9.17) is 5.73 Å². The van der Waals surface area contributed by atoms with E-state index in [1.165, 1.54) is 18.2 Å². The number of hydrogen-bond acceptors (Lipinski definition) is 4. The normalized spacial score (nSPS) is 18.0. The maximum Gasteiger partial charge on any atom is 0.249 e. The van der Waals surface area contributed by atoms with Gasteiger partial charge in [-0.25, -0.2) is 4.39 Å². The molecule has 1 unspecified atom stereocenters. The van der Waals surface area contributed by atoms with Crippen molar-refractivity contribution in [1.82, 2.24) is 5.32 Å². The molecular formula is C14H14FN3O2. The maximum absolute atomic E-state index is 13.7. The number of rotatable bonds is 2. The van der Waals surface area contributed by atoms with E-state index >= 15 is 0 Å². The van der Waals surface area contributed by atoms with Crippen LogP contribution in [0.15, 0.2) is 18.2 Å². The van der Waals surface area contributed by atoms with E-state index in [2.05, 4.69) is 22.5 Å². The smallest absolute Gasteiger partial charge is 0.249 e. The molecule has 1 aliphatic heterocycles. The Morgan fingerprint density at radius 1 is 1.45 bits per heavy atom. The van der Waals surface area contributed by atoms with Crippen LogP contribution in [-0.4, -0.2) is 24.4 Å². The van der Waals surface area contributed by atoms with Gasteiger partial charge in [0, 0.05) is 12.0 Å². The lowest BCUT2D eigenvalue weighted by Crippen LogP contribution is -2.47. The molecule has 0 radical (unpaired) electrons. The number of halogens is 1. The predicted molar refractivity (Wildman–Crippen MR) is 72.1 cm³/mol. The van der Waals surface area contributed by atoms with E-state index in [1.54, 1.807) is 0 Å². The highest BCUT2D eigenvalue weighted by Crippen LogP contribution is 2.19. The van der Waals surface area contributed by atoms with Crippen LogP contribution in [-0.2, 0) is 9.59 Å². The van der Waals surface area contributed by atoms with Gasteiger partial charge in [-0.2, -0.15) is 0 Å². The zero-order valence-electron chi connectivity index (χ0n) is 10.7. The van der Waals surface area contributed by atoms with E-state index in [9.17, 15) is 14.0 Å². The molecule has 1 atom stereocenters. The van der Waals surface area contributed by atoms with E-state index in [-0.39, 0.29) is 24.6 Å². The van der Waals surface area contributed by atoms with Gasteiger partial charge in [-0.05, 0) is 24.6 Å². The predicted octanol–water partition coefficient (Wildman–Crippen LogP) is 0.353. The lowest BCUT2D eigenvalue weighted by atomic mass is 10.1. The molecule has 0 bridgehead atoms. The third-order valence-corrected chi connectivity index (χ3v) is 2.87. The number of nitrogens with two attached hydrogens (primary N) is 1. The Morgan fingerprint density at radius 3 is 2.95 bits per heavy atom. The molecule has 0 aliphatic carbocycles. The van der Waals surface area contributed by atoms with E-state index < -0.39 is 17.8 Å². The Morgan fingerprint density at radius 2 is 2.25 bits per heavy atom. The quantitative estimate of drug-likeness (QED) is 0.537. The molecule has 104 valence electrons. The fourth-order valence-corrected chi connectivity index (χ4v) is 1.89. The average Bonchev–Trinajstić information content (AvgIpc) is 2.42. The topological polar surface area (TPSA) is 84.2 Å². The monoisotopic (exact) mass is 275 g/mol. The molecule has 5 nitrogen and oxygen atoms in total. The summed E-state index contributed by atoms with van der Waals surface area (Å²) in [5.74, 6) is 4.23. The summed E-state index contributed by atoms with van der Waals surface area (Å²) in [5, 5.41) is 5.01. The van der Waals surface area contributed by atoms with Crippen molar-refractivity contribution >= 4 is 17.5 Å². The van der Waals surface area contributed by atoms with Gasteiger partial charge in [0.05, 0.1) is 12.2 Å². The van der Waals surface area contributed by atoms with Crippen molar-refractivity contribution in [2.75, 3.05) is 11.9 Å². The fourth-order valence-electron chi connectivity index (χ4n) is 1.89. The highest BCUT2D eigenvalue weighted by Gasteiger charge is 2.26. The van der Waals surface area contributed by atoms with Gasteiger partial charge >= 0.3 is 0 Å². The SMILES string of the molecule is NCC#Cc1ccc(F)c(NC2CCC(=O)NC2=O)c1. The molecule has 20 heavy (non-hydrogen) atoms. The molecule has 1 aromatic rings. The number of carbonyl (C=O) groups excluding carboxylic acids is 2. The number of carbonyl (C=O) groups is 2. The number of anilines is 1. The first-order valence-corrected chi connectivity index (χ1v) is 6.19. The lowest BCUT2D eigenvalue weighted by molar-refractivity contribution is -0.133. The Kier molecular flexibility index (Phi) is 4.33. The second kappa shape index (κ2) is 6.17. The van der Waals surface area contributed by atoms with Crippen molar-refractivity contribution in [3.05, 3.63) is 29.6 Å². The minimum Gasteiger partial charge on any atom is -0.371 e. The minimum absolute atomic E-state index is 0.184. The van der Waals surface area contributed by atoms with Gasteiger partial charge in [0.25, 0.3) is 0 Å². The molecule has 1 heterocycles. The number of imide groups is 1. The molecular weight excluding hydrogens is 261 g/mol. The molecule has 4 N–H and O–H groups in total. The molecule has 6 heteroatoms. The van der Waals surface area contributed by atoms with E-state index in [0.717, 1.165) is 0 Å². The molecule has 1 fully saturated rings. The van der Waals surface area contributed by atoms with Gasteiger partial charge in [-0.15, -0.1) is 0 Å². The van der Waals surface area contributed by atoms with Crippen molar-refractivity contribution in [2.24, 2.45) is 5.73 Å². The molecule has 0 saturated carbocycles. The Labute approximate surface area is 115 Å². The van der Waals surface area contributed by atoms with Gasteiger partial charge in [0.1, 0.15) is 11.9 Å². The molecule has 2 rings (SSSR count). The third-order valence-electron chi connectivity index (χ3n) is 2.87.